The third kappa shape index (κ3) is 4.51. The van der Waals surface area contributed by atoms with Gasteiger partial charge >= 0.3 is 18.2 Å². The number of aromatic nitrogens is 3. The zero-order valence-corrected chi connectivity index (χ0v) is 17.2. The summed E-state index contributed by atoms with van der Waals surface area (Å²) in [6, 6.07) is 6.06. The molecule has 3 aromatic rings. The van der Waals surface area contributed by atoms with E-state index >= 15 is 0 Å². The molecule has 15 heteroatoms. The maximum absolute atomic E-state index is 13.5. The van der Waals surface area contributed by atoms with Crippen molar-refractivity contribution in [1.29, 1.82) is 0 Å². The van der Waals surface area contributed by atoms with Crippen molar-refractivity contribution in [1.82, 2.24) is 15.0 Å². The number of fused-ring (bicyclic) bond motifs is 2. The summed E-state index contributed by atoms with van der Waals surface area (Å²) in [6.45, 7) is 0.0871. The van der Waals surface area contributed by atoms with E-state index in [0.29, 0.717) is 5.69 Å². The molecule has 35 heavy (non-hydrogen) atoms. The topological polar surface area (TPSA) is 120 Å². The Hall–Kier alpha value is -4.43. The van der Waals surface area contributed by atoms with Crippen molar-refractivity contribution in [3.63, 3.8) is 0 Å². The van der Waals surface area contributed by atoms with Crippen molar-refractivity contribution in [2.75, 3.05) is 29.2 Å². The first kappa shape index (κ1) is 22.4. The highest BCUT2D eigenvalue weighted by atomic mass is 19.4. The molecular weight excluding hydrogens is 483 g/mol. The zero-order chi connectivity index (χ0) is 24.8. The number of amides is 1. The predicted octanol–water partition coefficient (Wildman–Crippen LogP) is 4.07. The van der Waals surface area contributed by atoms with E-state index in [1.807, 2.05) is 5.32 Å². The number of hydrogen-bond donors (Lipinski definition) is 3. The number of alkyl halides is 5. The predicted molar refractivity (Wildman–Crippen MR) is 109 cm³/mol. The summed E-state index contributed by atoms with van der Waals surface area (Å²) < 4.78 is 82.0. The number of nitrogens with one attached hydrogen (secondary N) is 3. The van der Waals surface area contributed by atoms with Crippen molar-refractivity contribution >= 4 is 34.9 Å². The molecule has 0 spiro atoms. The summed E-state index contributed by atoms with van der Waals surface area (Å²) in [5, 5.41) is 7.47. The van der Waals surface area contributed by atoms with Crippen LogP contribution in [0.15, 0.2) is 36.7 Å². The van der Waals surface area contributed by atoms with Crippen molar-refractivity contribution in [3.05, 3.63) is 42.2 Å². The number of carbonyl (C=O) groups is 1. The summed E-state index contributed by atoms with van der Waals surface area (Å²) in [5.74, 6) is -2.45. The Labute approximate surface area is 192 Å². The number of ether oxygens (including phenoxy) is 3. The molecule has 0 saturated carbocycles. The third-order valence-corrected chi connectivity index (χ3v) is 4.76. The van der Waals surface area contributed by atoms with Crippen LogP contribution in [0.5, 0.6) is 17.2 Å². The zero-order valence-electron chi connectivity index (χ0n) is 17.2. The maximum Gasteiger partial charge on any atom is 0.482 e. The summed E-state index contributed by atoms with van der Waals surface area (Å²) in [4.78, 5) is 23.3. The number of halogens is 5. The first-order valence-corrected chi connectivity index (χ1v) is 9.85. The van der Waals surface area contributed by atoms with Crippen LogP contribution in [0.4, 0.5) is 50.9 Å². The summed E-state index contributed by atoms with van der Waals surface area (Å²) in [5.41, 5.74) is -0.732. The molecule has 0 aliphatic carbocycles. The number of anilines is 5. The van der Waals surface area contributed by atoms with Crippen LogP contribution in [0.2, 0.25) is 0 Å². The molecule has 3 N–H and O–H groups in total. The first-order valence-electron chi connectivity index (χ1n) is 9.85. The van der Waals surface area contributed by atoms with Crippen LogP contribution in [0.3, 0.4) is 0 Å². The van der Waals surface area contributed by atoms with E-state index in [1.54, 1.807) is 0 Å². The fourth-order valence-electron chi connectivity index (χ4n) is 3.29. The lowest BCUT2D eigenvalue weighted by Crippen LogP contribution is -2.43. The van der Waals surface area contributed by atoms with Gasteiger partial charge in [0.05, 0.1) is 5.69 Å². The van der Waals surface area contributed by atoms with Gasteiger partial charge in [-0.3, -0.25) is 4.79 Å². The standard InChI is InChI=1S/C20H13F5N6O4/c21-19(22,23)11-5-10(7-14-15(11)34-4-3-33-14)29-18-27-8-26-17(31-18)28-9-1-2-13-12(6-9)30-16(32)20(24,25)35-13/h1-2,5-8H,3-4H2,(H,30,32)(H2,26,27,28,29,31). The minimum absolute atomic E-state index is 0.00529. The lowest BCUT2D eigenvalue weighted by atomic mass is 10.1. The van der Waals surface area contributed by atoms with Crippen molar-refractivity contribution in [3.8, 4) is 17.2 Å². The summed E-state index contributed by atoms with van der Waals surface area (Å²) in [6.07, 6.45) is -7.58. The molecule has 0 radical (unpaired) electrons. The van der Waals surface area contributed by atoms with Gasteiger partial charge in [0.1, 0.15) is 25.1 Å². The Morgan fingerprint density at radius 1 is 0.943 bits per heavy atom. The highest BCUT2D eigenvalue weighted by Crippen LogP contribution is 2.45. The summed E-state index contributed by atoms with van der Waals surface area (Å²) >= 11 is 0. The van der Waals surface area contributed by atoms with Gasteiger partial charge in [-0.2, -0.15) is 26.9 Å². The van der Waals surface area contributed by atoms with Gasteiger partial charge in [0.15, 0.2) is 17.2 Å². The van der Waals surface area contributed by atoms with E-state index in [9.17, 15) is 26.7 Å². The number of nitrogens with zero attached hydrogens (tertiary/aromatic N) is 3. The minimum Gasteiger partial charge on any atom is -0.486 e. The molecule has 10 nitrogen and oxygen atoms in total. The van der Waals surface area contributed by atoms with Crippen LogP contribution < -0.4 is 30.2 Å². The Balaban J connectivity index is 1.37. The Morgan fingerprint density at radius 2 is 1.66 bits per heavy atom. The van der Waals surface area contributed by atoms with Crippen LogP contribution in [0.1, 0.15) is 5.56 Å². The van der Waals surface area contributed by atoms with Gasteiger partial charge in [0, 0.05) is 17.4 Å². The second kappa shape index (κ2) is 8.11. The average Bonchev–Trinajstić information content (AvgIpc) is 2.79. The van der Waals surface area contributed by atoms with Crippen molar-refractivity contribution in [2.45, 2.75) is 12.3 Å². The molecule has 1 aromatic heterocycles. The van der Waals surface area contributed by atoms with Gasteiger partial charge in [0.2, 0.25) is 11.9 Å². The number of rotatable bonds is 4. The van der Waals surface area contributed by atoms with E-state index in [0.717, 1.165) is 12.4 Å². The highest BCUT2D eigenvalue weighted by Gasteiger charge is 2.46. The molecule has 0 atom stereocenters. The minimum atomic E-state index is -4.69. The first-order chi connectivity index (χ1) is 16.6. The Kier molecular flexibility index (Phi) is 5.18. The average molecular weight is 496 g/mol. The van der Waals surface area contributed by atoms with E-state index in [4.69, 9.17) is 9.47 Å². The SMILES string of the molecule is O=C1Nc2cc(Nc3ncnc(Nc4cc5c(c(C(F)(F)F)c4)OCCO5)n3)ccc2OC1(F)F. The molecular formula is C20H13F5N6O4. The molecule has 182 valence electrons. The maximum atomic E-state index is 13.5. The van der Waals surface area contributed by atoms with E-state index in [1.165, 1.54) is 24.3 Å². The van der Waals surface area contributed by atoms with Gasteiger partial charge in [-0.1, -0.05) is 0 Å². The quantitative estimate of drug-likeness (QED) is 0.459. The molecule has 0 saturated heterocycles. The van der Waals surface area contributed by atoms with Crippen LogP contribution in [0, 0.1) is 0 Å². The molecule has 1 amide bonds. The normalized spacial score (nSPS) is 16.0. The monoisotopic (exact) mass is 496 g/mol. The van der Waals surface area contributed by atoms with Crippen LogP contribution in [0.25, 0.3) is 0 Å². The number of benzene rings is 2. The smallest absolute Gasteiger partial charge is 0.482 e. The van der Waals surface area contributed by atoms with Gasteiger partial charge in [-0.05, 0) is 24.3 Å². The molecule has 0 fully saturated rings. The second-order valence-corrected chi connectivity index (χ2v) is 7.21. The van der Waals surface area contributed by atoms with Crippen LogP contribution >= 0.6 is 0 Å². The fraction of sp³-hybridized carbons (Fsp3) is 0.200. The Bertz CT molecular complexity index is 1320. The van der Waals surface area contributed by atoms with Crippen molar-refractivity contribution < 1.29 is 41.0 Å². The molecule has 5 rings (SSSR count). The highest BCUT2D eigenvalue weighted by molar-refractivity contribution is 5.99. The van der Waals surface area contributed by atoms with E-state index in [-0.39, 0.29) is 48.0 Å². The lowest BCUT2D eigenvalue weighted by Gasteiger charge is -2.25. The van der Waals surface area contributed by atoms with E-state index in [2.05, 4.69) is 30.3 Å². The molecule has 0 unspecified atom stereocenters. The molecule has 3 heterocycles. The van der Waals surface area contributed by atoms with Crippen LogP contribution in [-0.4, -0.2) is 40.2 Å². The van der Waals surface area contributed by atoms with Crippen molar-refractivity contribution in [2.24, 2.45) is 0 Å². The molecule has 2 aliphatic rings. The number of hydrogen-bond acceptors (Lipinski definition) is 9. The molecule has 2 aliphatic heterocycles. The fourth-order valence-corrected chi connectivity index (χ4v) is 3.29. The van der Waals surface area contributed by atoms with E-state index < -0.39 is 29.5 Å². The second-order valence-electron chi connectivity index (χ2n) is 7.21. The van der Waals surface area contributed by atoms with Gasteiger partial charge < -0.3 is 30.2 Å². The van der Waals surface area contributed by atoms with Gasteiger partial charge in [-0.15, -0.1) is 0 Å². The largest absolute Gasteiger partial charge is 0.486 e. The third-order valence-electron chi connectivity index (χ3n) is 4.76. The lowest BCUT2D eigenvalue weighted by molar-refractivity contribution is -0.189. The molecule has 2 aromatic carbocycles. The van der Waals surface area contributed by atoms with Crippen LogP contribution in [-0.2, 0) is 11.0 Å². The summed E-state index contributed by atoms with van der Waals surface area (Å²) in [7, 11) is 0. The molecule has 0 bridgehead atoms. The number of carbonyl (C=O) groups excluding carboxylic acids is 1. The Morgan fingerprint density at radius 3 is 2.40 bits per heavy atom. The van der Waals surface area contributed by atoms with Gasteiger partial charge in [0.25, 0.3) is 0 Å². The van der Waals surface area contributed by atoms with Gasteiger partial charge in [-0.25, -0.2) is 9.97 Å².